The number of benzene rings is 2. The van der Waals surface area contributed by atoms with Crippen LogP contribution in [0.1, 0.15) is 0 Å². The summed E-state index contributed by atoms with van der Waals surface area (Å²) in [5.41, 5.74) is -0.430. The molecule has 0 aliphatic rings. The van der Waals surface area contributed by atoms with Gasteiger partial charge in [0.05, 0.1) is 23.0 Å². The van der Waals surface area contributed by atoms with E-state index in [-0.39, 0.29) is 17.9 Å². The minimum Gasteiger partial charge on any atom is -0.280 e. The molecule has 2 aromatic carbocycles. The number of hydrogen-bond donors (Lipinski definition) is 0. The van der Waals surface area contributed by atoms with E-state index in [1.165, 1.54) is 6.07 Å². The SMILES string of the molecule is C#CCn1c(-c2c(F)cccc2F)nc2ccccc2c1=O. The number of nitrogens with zero attached hydrogens (tertiary/aromatic N) is 2. The predicted molar refractivity (Wildman–Crippen MR) is 80.2 cm³/mol. The van der Waals surface area contributed by atoms with E-state index in [9.17, 15) is 13.6 Å². The van der Waals surface area contributed by atoms with Crippen molar-refractivity contribution in [3.8, 4) is 23.7 Å². The lowest BCUT2D eigenvalue weighted by Crippen LogP contribution is -2.23. The Hall–Kier alpha value is -3.00. The molecule has 0 fully saturated rings. The average Bonchev–Trinajstić information content (AvgIpc) is 2.51. The van der Waals surface area contributed by atoms with E-state index in [1.54, 1.807) is 24.3 Å². The Morgan fingerprint density at radius 3 is 2.45 bits per heavy atom. The van der Waals surface area contributed by atoms with Gasteiger partial charge in [0, 0.05) is 0 Å². The maximum absolute atomic E-state index is 14.0. The molecule has 0 atom stereocenters. The zero-order valence-corrected chi connectivity index (χ0v) is 11.4. The summed E-state index contributed by atoms with van der Waals surface area (Å²) in [7, 11) is 0. The first kappa shape index (κ1) is 14.0. The molecule has 0 aliphatic heterocycles. The summed E-state index contributed by atoms with van der Waals surface area (Å²) < 4.78 is 29.2. The second-order valence-corrected chi connectivity index (χ2v) is 4.64. The maximum atomic E-state index is 14.0. The van der Waals surface area contributed by atoms with Crippen molar-refractivity contribution in [3.05, 3.63) is 64.5 Å². The van der Waals surface area contributed by atoms with Gasteiger partial charge in [0.1, 0.15) is 17.5 Å². The number of aromatic nitrogens is 2. The Bertz CT molecular complexity index is 950. The topological polar surface area (TPSA) is 34.9 Å². The highest BCUT2D eigenvalue weighted by atomic mass is 19.1. The second kappa shape index (κ2) is 5.41. The summed E-state index contributed by atoms with van der Waals surface area (Å²) in [5.74, 6) is 0.607. The summed E-state index contributed by atoms with van der Waals surface area (Å²) >= 11 is 0. The van der Waals surface area contributed by atoms with Gasteiger partial charge in [-0.15, -0.1) is 6.42 Å². The fourth-order valence-corrected chi connectivity index (χ4v) is 2.31. The summed E-state index contributed by atoms with van der Waals surface area (Å²) in [5, 5.41) is 0.346. The summed E-state index contributed by atoms with van der Waals surface area (Å²) in [6, 6.07) is 10.1. The Morgan fingerprint density at radius 1 is 1.09 bits per heavy atom. The monoisotopic (exact) mass is 296 g/mol. The van der Waals surface area contributed by atoms with Crippen molar-refractivity contribution >= 4 is 10.9 Å². The van der Waals surface area contributed by atoms with Crippen molar-refractivity contribution in [2.75, 3.05) is 0 Å². The van der Waals surface area contributed by atoms with Gasteiger partial charge in [-0.2, -0.15) is 0 Å². The van der Waals surface area contributed by atoms with Crippen molar-refractivity contribution in [2.45, 2.75) is 6.54 Å². The van der Waals surface area contributed by atoms with Crippen LogP contribution in [-0.2, 0) is 6.54 Å². The molecule has 22 heavy (non-hydrogen) atoms. The molecule has 0 amide bonds. The minimum absolute atomic E-state index is 0.114. The molecule has 0 unspecified atom stereocenters. The third-order valence-corrected chi connectivity index (χ3v) is 3.30. The first-order valence-corrected chi connectivity index (χ1v) is 6.51. The summed E-state index contributed by atoms with van der Waals surface area (Å²) in [6.07, 6.45) is 5.27. The molecule has 3 rings (SSSR count). The van der Waals surface area contributed by atoms with Crippen LogP contribution in [0, 0.1) is 24.0 Å². The van der Waals surface area contributed by atoms with Crippen molar-refractivity contribution in [3.63, 3.8) is 0 Å². The van der Waals surface area contributed by atoms with Crippen molar-refractivity contribution in [1.29, 1.82) is 0 Å². The largest absolute Gasteiger partial charge is 0.280 e. The number of hydrogen-bond acceptors (Lipinski definition) is 2. The lowest BCUT2D eigenvalue weighted by molar-refractivity contribution is 0.584. The normalized spacial score (nSPS) is 10.6. The van der Waals surface area contributed by atoms with Crippen LogP contribution in [0.3, 0.4) is 0 Å². The minimum atomic E-state index is -0.798. The van der Waals surface area contributed by atoms with Crippen molar-refractivity contribution in [2.24, 2.45) is 0 Å². The number of rotatable bonds is 2. The van der Waals surface area contributed by atoms with Gasteiger partial charge >= 0.3 is 0 Å². The zero-order valence-electron chi connectivity index (χ0n) is 11.4. The van der Waals surface area contributed by atoms with Crippen LogP contribution in [0.5, 0.6) is 0 Å². The van der Waals surface area contributed by atoms with Crippen LogP contribution in [0.2, 0.25) is 0 Å². The molecule has 1 aromatic heterocycles. The van der Waals surface area contributed by atoms with Gasteiger partial charge in [-0.25, -0.2) is 13.8 Å². The van der Waals surface area contributed by atoms with Gasteiger partial charge in [-0.3, -0.25) is 9.36 Å². The number of halogens is 2. The Kier molecular flexibility index (Phi) is 3.43. The van der Waals surface area contributed by atoms with E-state index in [4.69, 9.17) is 6.42 Å². The standard InChI is InChI=1S/C17H10F2N2O/c1-2-10-21-16(15-12(18)7-5-8-13(15)19)20-14-9-4-3-6-11(14)17(21)22/h1,3-9H,10H2. The third kappa shape index (κ3) is 2.15. The first-order valence-electron chi connectivity index (χ1n) is 6.51. The van der Waals surface area contributed by atoms with E-state index >= 15 is 0 Å². The van der Waals surface area contributed by atoms with E-state index < -0.39 is 17.2 Å². The second-order valence-electron chi connectivity index (χ2n) is 4.64. The molecule has 0 saturated carbocycles. The third-order valence-electron chi connectivity index (χ3n) is 3.30. The smallest absolute Gasteiger partial charge is 0.262 e. The summed E-state index contributed by atoms with van der Waals surface area (Å²) in [4.78, 5) is 16.8. The van der Waals surface area contributed by atoms with Crippen LogP contribution in [0.15, 0.2) is 47.3 Å². The Labute approximate surface area is 124 Å². The lowest BCUT2D eigenvalue weighted by Gasteiger charge is -2.12. The van der Waals surface area contributed by atoms with E-state index in [1.807, 2.05) is 0 Å². The van der Waals surface area contributed by atoms with E-state index in [0.717, 1.165) is 16.7 Å². The zero-order chi connectivity index (χ0) is 15.7. The molecule has 1 heterocycles. The molecule has 0 aliphatic carbocycles. The maximum Gasteiger partial charge on any atom is 0.262 e. The highest BCUT2D eigenvalue weighted by Gasteiger charge is 2.18. The fraction of sp³-hybridized carbons (Fsp3) is 0.0588. The molecular formula is C17H10F2N2O. The molecular weight excluding hydrogens is 286 g/mol. The van der Waals surface area contributed by atoms with Crippen molar-refractivity contribution in [1.82, 2.24) is 9.55 Å². The van der Waals surface area contributed by atoms with Gasteiger partial charge in [-0.1, -0.05) is 24.1 Å². The molecule has 3 aromatic rings. The highest BCUT2D eigenvalue weighted by Crippen LogP contribution is 2.24. The van der Waals surface area contributed by atoms with E-state index in [2.05, 4.69) is 10.9 Å². The molecule has 0 saturated heterocycles. The first-order chi connectivity index (χ1) is 10.6. The van der Waals surface area contributed by atoms with Gasteiger partial charge in [0.25, 0.3) is 5.56 Å². The molecule has 3 nitrogen and oxygen atoms in total. The van der Waals surface area contributed by atoms with Gasteiger partial charge in [0.15, 0.2) is 0 Å². The van der Waals surface area contributed by atoms with Crippen LogP contribution >= 0.6 is 0 Å². The molecule has 108 valence electrons. The van der Waals surface area contributed by atoms with Crippen LogP contribution < -0.4 is 5.56 Å². The average molecular weight is 296 g/mol. The van der Waals surface area contributed by atoms with E-state index in [0.29, 0.717) is 10.9 Å². The number of para-hydroxylation sites is 1. The Morgan fingerprint density at radius 2 is 1.77 bits per heavy atom. The molecule has 5 heteroatoms. The number of fused-ring (bicyclic) bond motifs is 1. The molecule has 0 radical (unpaired) electrons. The quantitative estimate of drug-likeness (QED) is 0.681. The van der Waals surface area contributed by atoms with Gasteiger partial charge < -0.3 is 0 Å². The fourth-order valence-electron chi connectivity index (χ4n) is 2.31. The number of terminal acetylenes is 1. The van der Waals surface area contributed by atoms with Crippen LogP contribution in [0.4, 0.5) is 8.78 Å². The van der Waals surface area contributed by atoms with Gasteiger partial charge in [-0.05, 0) is 24.3 Å². The summed E-state index contributed by atoms with van der Waals surface area (Å²) in [6.45, 7) is -0.125. The van der Waals surface area contributed by atoms with Crippen LogP contribution in [0.25, 0.3) is 22.3 Å². The lowest BCUT2D eigenvalue weighted by atomic mass is 10.1. The molecule has 0 bridgehead atoms. The Balaban J connectivity index is 2.46. The van der Waals surface area contributed by atoms with Crippen molar-refractivity contribution < 1.29 is 8.78 Å². The molecule has 0 spiro atoms. The highest BCUT2D eigenvalue weighted by molar-refractivity contribution is 5.79. The van der Waals surface area contributed by atoms with Crippen LogP contribution in [-0.4, -0.2) is 9.55 Å². The predicted octanol–water partition coefficient (Wildman–Crippen LogP) is 2.97. The van der Waals surface area contributed by atoms with Gasteiger partial charge in [0.2, 0.25) is 0 Å². The molecule has 0 N–H and O–H groups in total.